The maximum Gasteiger partial charge on any atom is 0.223 e. The van der Waals surface area contributed by atoms with Crippen LogP contribution in [0.15, 0.2) is 46.2 Å². The quantitative estimate of drug-likeness (QED) is 0.736. The van der Waals surface area contributed by atoms with Gasteiger partial charge in [0.05, 0.1) is 6.61 Å². The maximum absolute atomic E-state index is 11.2. The predicted octanol–water partition coefficient (Wildman–Crippen LogP) is 1.87. The molecule has 2 aromatic rings. The number of pyridine rings is 1. The number of aliphatic hydroxyl groups is 1. The van der Waals surface area contributed by atoms with Crippen LogP contribution < -0.4 is 5.43 Å². The summed E-state index contributed by atoms with van der Waals surface area (Å²) in [5, 5.41) is 18.1. The average molecular weight is 263 g/mol. The zero-order valence-electron chi connectivity index (χ0n) is 9.59. The van der Waals surface area contributed by atoms with Crippen molar-refractivity contribution in [2.45, 2.75) is 17.3 Å². The van der Waals surface area contributed by atoms with E-state index in [4.69, 9.17) is 10.2 Å². The van der Waals surface area contributed by atoms with Crippen LogP contribution in [0.4, 0.5) is 0 Å². The SMILES string of the molecule is O=c1cc(CSc2cccc(CO)c2)[nH]cc1O. The summed E-state index contributed by atoms with van der Waals surface area (Å²) in [5.74, 6) is 0.329. The molecule has 0 aliphatic carbocycles. The van der Waals surface area contributed by atoms with Gasteiger partial charge in [-0.15, -0.1) is 11.8 Å². The fourth-order valence-corrected chi connectivity index (χ4v) is 2.38. The molecule has 0 fully saturated rings. The summed E-state index contributed by atoms with van der Waals surface area (Å²) in [4.78, 5) is 15.1. The van der Waals surface area contributed by atoms with Crippen molar-refractivity contribution in [1.29, 1.82) is 0 Å². The number of benzene rings is 1. The molecule has 0 saturated heterocycles. The minimum Gasteiger partial charge on any atom is -0.503 e. The van der Waals surface area contributed by atoms with Crippen molar-refractivity contribution in [1.82, 2.24) is 4.98 Å². The number of hydrogen-bond donors (Lipinski definition) is 3. The van der Waals surface area contributed by atoms with Crippen LogP contribution in [-0.4, -0.2) is 15.2 Å². The fourth-order valence-electron chi connectivity index (χ4n) is 1.48. The molecule has 1 aromatic heterocycles. The lowest BCUT2D eigenvalue weighted by molar-refractivity contribution is 0.281. The molecule has 0 spiro atoms. The van der Waals surface area contributed by atoms with E-state index in [0.717, 1.165) is 16.2 Å². The van der Waals surface area contributed by atoms with Gasteiger partial charge < -0.3 is 15.2 Å². The van der Waals surface area contributed by atoms with Gasteiger partial charge in [0.1, 0.15) is 0 Å². The first-order valence-electron chi connectivity index (χ1n) is 5.42. The van der Waals surface area contributed by atoms with Gasteiger partial charge in [-0.25, -0.2) is 0 Å². The molecule has 0 radical (unpaired) electrons. The Hall–Kier alpha value is -1.72. The smallest absolute Gasteiger partial charge is 0.223 e. The Labute approximate surface area is 108 Å². The lowest BCUT2D eigenvalue weighted by atomic mass is 10.2. The number of aromatic amines is 1. The third-order valence-corrected chi connectivity index (χ3v) is 3.47. The summed E-state index contributed by atoms with van der Waals surface area (Å²) in [6.07, 6.45) is 1.29. The van der Waals surface area contributed by atoms with Crippen molar-refractivity contribution >= 4 is 11.8 Å². The van der Waals surface area contributed by atoms with E-state index in [1.165, 1.54) is 12.3 Å². The van der Waals surface area contributed by atoms with Gasteiger partial charge in [0.15, 0.2) is 5.75 Å². The lowest BCUT2D eigenvalue weighted by Crippen LogP contribution is -2.01. The van der Waals surface area contributed by atoms with Crippen LogP contribution in [0.1, 0.15) is 11.3 Å². The molecule has 0 atom stereocenters. The zero-order valence-corrected chi connectivity index (χ0v) is 10.4. The molecular formula is C13H13NO3S. The zero-order chi connectivity index (χ0) is 13.0. The number of hydrogen-bond acceptors (Lipinski definition) is 4. The predicted molar refractivity (Wildman–Crippen MR) is 70.7 cm³/mol. The molecule has 0 amide bonds. The number of aromatic hydroxyl groups is 1. The standard InChI is InChI=1S/C13H13NO3S/c15-7-9-2-1-3-11(4-9)18-8-10-5-12(16)13(17)6-14-10/h1-6,15,17H,7-8H2,(H,14,16). The Bertz CT molecular complexity index is 595. The van der Waals surface area contributed by atoms with E-state index in [1.807, 2.05) is 24.3 Å². The fraction of sp³-hybridized carbons (Fsp3) is 0.154. The van der Waals surface area contributed by atoms with Crippen LogP contribution in [0, 0.1) is 0 Å². The lowest BCUT2D eigenvalue weighted by Gasteiger charge is -2.04. The molecule has 1 heterocycles. The molecule has 0 aliphatic heterocycles. The molecule has 5 heteroatoms. The number of aliphatic hydroxyl groups excluding tert-OH is 1. The van der Waals surface area contributed by atoms with Crippen molar-refractivity contribution in [2.75, 3.05) is 0 Å². The molecule has 94 valence electrons. The van der Waals surface area contributed by atoms with Crippen molar-refractivity contribution in [3.05, 3.63) is 58.0 Å². The Kier molecular flexibility index (Phi) is 4.07. The van der Waals surface area contributed by atoms with E-state index in [2.05, 4.69) is 4.98 Å². The van der Waals surface area contributed by atoms with Crippen LogP contribution in [-0.2, 0) is 12.4 Å². The van der Waals surface area contributed by atoms with E-state index in [-0.39, 0.29) is 17.8 Å². The molecular weight excluding hydrogens is 250 g/mol. The molecule has 3 N–H and O–H groups in total. The third-order valence-electron chi connectivity index (χ3n) is 2.43. The van der Waals surface area contributed by atoms with Crippen LogP contribution in [0.2, 0.25) is 0 Å². The van der Waals surface area contributed by atoms with Crippen molar-refractivity contribution in [3.63, 3.8) is 0 Å². The molecule has 0 aliphatic rings. The normalized spacial score (nSPS) is 10.5. The van der Waals surface area contributed by atoms with E-state index in [9.17, 15) is 4.79 Å². The second-order valence-corrected chi connectivity index (χ2v) is 4.85. The molecule has 1 aromatic carbocycles. The number of thioether (sulfide) groups is 1. The second-order valence-electron chi connectivity index (χ2n) is 3.80. The molecule has 0 bridgehead atoms. The van der Waals surface area contributed by atoms with Crippen molar-refractivity contribution in [2.24, 2.45) is 0 Å². The Morgan fingerprint density at radius 2 is 2.11 bits per heavy atom. The first-order valence-corrected chi connectivity index (χ1v) is 6.41. The largest absolute Gasteiger partial charge is 0.503 e. The topological polar surface area (TPSA) is 73.3 Å². The molecule has 4 nitrogen and oxygen atoms in total. The highest BCUT2D eigenvalue weighted by atomic mass is 32.2. The Morgan fingerprint density at radius 1 is 1.28 bits per heavy atom. The first kappa shape index (κ1) is 12.7. The molecule has 2 rings (SSSR count). The number of nitrogens with one attached hydrogen (secondary N) is 1. The van der Waals surface area contributed by atoms with E-state index >= 15 is 0 Å². The summed E-state index contributed by atoms with van der Waals surface area (Å²) >= 11 is 1.55. The van der Waals surface area contributed by atoms with E-state index < -0.39 is 0 Å². The molecule has 0 saturated carbocycles. The minimum absolute atomic E-state index is 0.0183. The van der Waals surface area contributed by atoms with Crippen LogP contribution >= 0.6 is 11.8 Å². The highest BCUT2D eigenvalue weighted by Crippen LogP contribution is 2.22. The van der Waals surface area contributed by atoms with Crippen molar-refractivity contribution < 1.29 is 10.2 Å². The highest BCUT2D eigenvalue weighted by molar-refractivity contribution is 7.98. The second kappa shape index (κ2) is 5.75. The summed E-state index contributed by atoms with van der Waals surface area (Å²) in [7, 11) is 0. The average Bonchev–Trinajstić information content (AvgIpc) is 2.40. The Balaban J connectivity index is 2.06. The van der Waals surface area contributed by atoms with Crippen molar-refractivity contribution in [3.8, 4) is 5.75 Å². The summed E-state index contributed by atoms with van der Waals surface area (Å²) in [6.45, 7) is 0.0183. The van der Waals surface area contributed by atoms with Gasteiger partial charge in [-0.2, -0.15) is 0 Å². The van der Waals surface area contributed by atoms with Crippen LogP contribution in [0.3, 0.4) is 0 Å². The monoisotopic (exact) mass is 263 g/mol. The van der Waals surface area contributed by atoms with E-state index in [1.54, 1.807) is 11.8 Å². The first-order chi connectivity index (χ1) is 8.69. The van der Waals surface area contributed by atoms with Crippen LogP contribution in [0.5, 0.6) is 5.75 Å². The van der Waals surface area contributed by atoms with Gasteiger partial charge in [-0.1, -0.05) is 12.1 Å². The number of rotatable bonds is 4. The third kappa shape index (κ3) is 3.15. The Morgan fingerprint density at radius 3 is 2.83 bits per heavy atom. The summed E-state index contributed by atoms with van der Waals surface area (Å²) in [5.41, 5.74) is 1.23. The van der Waals surface area contributed by atoms with E-state index in [0.29, 0.717) is 5.75 Å². The van der Waals surface area contributed by atoms with Crippen LogP contribution in [0.25, 0.3) is 0 Å². The minimum atomic E-state index is -0.381. The number of aromatic nitrogens is 1. The van der Waals surface area contributed by atoms with Gasteiger partial charge in [0, 0.05) is 28.6 Å². The van der Waals surface area contributed by atoms with Gasteiger partial charge in [0.2, 0.25) is 5.43 Å². The van der Waals surface area contributed by atoms with Gasteiger partial charge in [0.25, 0.3) is 0 Å². The highest BCUT2D eigenvalue weighted by Gasteiger charge is 2.01. The van der Waals surface area contributed by atoms with Gasteiger partial charge in [-0.05, 0) is 17.7 Å². The maximum atomic E-state index is 11.2. The summed E-state index contributed by atoms with van der Waals surface area (Å²) < 4.78 is 0. The summed E-state index contributed by atoms with van der Waals surface area (Å²) in [6, 6.07) is 8.98. The molecule has 18 heavy (non-hydrogen) atoms. The van der Waals surface area contributed by atoms with Gasteiger partial charge >= 0.3 is 0 Å². The number of H-pyrrole nitrogens is 1. The molecule has 0 unspecified atom stereocenters. The van der Waals surface area contributed by atoms with Gasteiger partial charge in [-0.3, -0.25) is 4.79 Å².